The van der Waals surface area contributed by atoms with Crippen LogP contribution in [0.5, 0.6) is 0 Å². The molecule has 1 heterocycles. The number of amides is 2. The van der Waals surface area contributed by atoms with Gasteiger partial charge in [-0.15, -0.1) is 0 Å². The van der Waals surface area contributed by atoms with Gasteiger partial charge in [-0.3, -0.25) is 0 Å². The van der Waals surface area contributed by atoms with Gasteiger partial charge in [-0.1, -0.05) is 12.2 Å². The lowest BCUT2D eigenvalue weighted by Gasteiger charge is -2.29. The first-order valence-electron chi connectivity index (χ1n) is 6.20. The highest BCUT2D eigenvalue weighted by atomic mass is 16.2. The van der Waals surface area contributed by atoms with E-state index in [-0.39, 0.29) is 6.03 Å². The molecule has 2 amide bonds. The molecule has 96 valence electrons. The molecule has 2 N–H and O–H groups in total. The topological polar surface area (TPSA) is 44.4 Å². The van der Waals surface area contributed by atoms with Gasteiger partial charge >= 0.3 is 6.03 Å². The van der Waals surface area contributed by atoms with Gasteiger partial charge in [0.1, 0.15) is 0 Å². The molecule has 4 nitrogen and oxygen atoms in total. The van der Waals surface area contributed by atoms with Crippen molar-refractivity contribution in [2.24, 2.45) is 0 Å². The molecule has 0 aromatic carbocycles. The second kappa shape index (κ2) is 7.12. The average Bonchev–Trinajstić information content (AvgIpc) is 2.31. The first-order chi connectivity index (χ1) is 8.15. The number of rotatable bonds is 3. The third-order valence-electron chi connectivity index (χ3n) is 2.97. The van der Waals surface area contributed by atoms with Crippen LogP contribution < -0.4 is 10.6 Å². The number of carbonyl (C=O) groups excluding carboxylic acids is 1. The van der Waals surface area contributed by atoms with Crippen LogP contribution in [0.4, 0.5) is 4.79 Å². The summed E-state index contributed by atoms with van der Waals surface area (Å²) in [5, 5.41) is 5.85. The molecule has 0 atom stereocenters. The maximum Gasteiger partial charge on any atom is 0.319 e. The average molecular weight is 237 g/mol. The monoisotopic (exact) mass is 237 g/mol. The van der Waals surface area contributed by atoms with Gasteiger partial charge in [0.25, 0.3) is 0 Å². The minimum absolute atomic E-state index is 0.106. The first kappa shape index (κ1) is 13.8. The Morgan fingerprint density at radius 3 is 2.47 bits per heavy atom. The van der Waals surface area contributed by atoms with Crippen molar-refractivity contribution in [2.45, 2.75) is 32.7 Å². The number of hydrogen-bond acceptors (Lipinski definition) is 2. The van der Waals surface area contributed by atoms with Crippen LogP contribution >= 0.6 is 0 Å². The van der Waals surface area contributed by atoms with E-state index in [4.69, 9.17) is 0 Å². The highest BCUT2D eigenvalue weighted by molar-refractivity contribution is 5.76. The largest absolute Gasteiger partial charge is 0.335 e. The predicted octanol–water partition coefficient (Wildman–Crippen LogP) is 1.86. The Morgan fingerprint density at radius 1 is 1.29 bits per heavy atom. The molecule has 0 unspecified atom stereocenters. The third kappa shape index (κ3) is 5.04. The molecule has 0 bridgehead atoms. The number of hydrogen-bond donors (Lipinski definition) is 2. The van der Waals surface area contributed by atoms with Gasteiger partial charge in [-0.05, 0) is 52.9 Å². The Balaban J connectivity index is 2.34. The summed E-state index contributed by atoms with van der Waals surface area (Å²) >= 11 is 0. The molecule has 0 saturated carbocycles. The molecule has 1 saturated heterocycles. The molecule has 0 radical (unpaired) electrons. The fourth-order valence-electron chi connectivity index (χ4n) is 1.90. The molecule has 1 aliphatic rings. The highest BCUT2D eigenvalue weighted by Gasteiger charge is 2.18. The SMILES string of the molecule is C/C=C\C(=C/C)NC(=O)NC1CCN(C)CC1. The smallest absolute Gasteiger partial charge is 0.319 e. The van der Waals surface area contributed by atoms with Crippen molar-refractivity contribution in [3.05, 3.63) is 23.9 Å². The van der Waals surface area contributed by atoms with Crippen LogP contribution in [0, 0.1) is 0 Å². The normalized spacial score (nSPS) is 19.6. The molecular formula is C13H23N3O. The number of piperidine rings is 1. The minimum atomic E-state index is -0.106. The van der Waals surface area contributed by atoms with Crippen LogP contribution in [0.15, 0.2) is 23.9 Å². The number of nitrogens with zero attached hydrogens (tertiary/aromatic N) is 1. The Bertz CT molecular complexity index is 302. The molecule has 1 fully saturated rings. The molecule has 17 heavy (non-hydrogen) atoms. The Kier molecular flexibility index (Phi) is 5.77. The summed E-state index contributed by atoms with van der Waals surface area (Å²) in [5.41, 5.74) is 0.831. The van der Waals surface area contributed by atoms with Gasteiger partial charge < -0.3 is 15.5 Å². The van der Waals surface area contributed by atoms with Crippen LogP contribution in [-0.2, 0) is 0 Å². The quantitative estimate of drug-likeness (QED) is 0.736. The molecule has 0 spiro atoms. The fraction of sp³-hybridized carbons (Fsp3) is 0.615. The summed E-state index contributed by atoms with van der Waals surface area (Å²) in [7, 11) is 2.11. The van der Waals surface area contributed by atoms with E-state index in [1.807, 2.05) is 32.1 Å². The highest BCUT2D eigenvalue weighted by Crippen LogP contribution is 2.07. The van der Waals surface area contributed by atoms with Gasteiger partial charge in [-0.25, -0.2) is 4.79 Å². The zero-order valence-electron chi connectivity index (χ0n) is 11.0. The number of allylic oxidation sites excluding steroid dienone is 3. The number of likely N-dealkylation sites (tertiary alicyclic amines) is 1. The lowest BCUT2D eigenvalue weighted by molar-refractivity contribution is 0.216. The molecule has 0 aromatic heterocycles. The van der Waals surface area contributed by atoms with Crippen molar-refractivity contribution in [1.82, 2.24) is 15.5 Å². The summed E-state index contributed by atoms with van der Waals surface area (Å²) in [6.45, 7) is 5.94. The summed E-state index contributed by atoms with van der Waals surface area (Å²) in [5.74, 6) is 0. The Morgan fingerprint density at radius 2 is 1.94 bits per heavy atom. The van der Waals surface area contributed by atoms with E-state index in [1.165, 1.54) is 0 Å². The van der Waals surface area contributed by atoms with E-state index in [9.17, 15) is 4.79 Å². The van der Waals surface area contributed by atoms with Crippen LogP contribution in [0.1, 0.15) is 26.7 Å². The first-order valence-corrected chi connectivity index (χ1v) is 6.20. The second-order valence-corrected chi connectivity index (χ2v) is 4.42. The lowest BCUT2D eigenvalue weighted by Crippen LogP contribution is -2.46. The van der Waals surface area contributed by atoms with E-state index >= 15 is 0 Å². The summed E-state index contributed by atoms with van der Waals surface area (Å²) < 4.78 is 0. The predicted molar refractivity (Wildman–Crippen MR) is 70.8 cm³/mol. The van der Waals surface area contributed by atoms with E-state index in [2.05, 4.69) is 22.6 Å². The number of urea groups is 1. The minimum Gasteiger partial charge on any atom is -0.335 e. The van der Waals surface area contributed by atoms with E-state index < -0.39 is 0 Å². The zero-order valence-corrected chi connectivity index (χ0v) is 11.0. The second-order valence-electron chi connectivity index (χ2n) is 4.42. The number of carbonyl (C=O) groups is 1. The Hall–Kier alpha value is -1.29. The van der Waals surface area contributed by atoms with Gasteiger partial charge in [0.2, 0.25) is 0 Å². The van der Waals surface area contributed by atoms with Crippen LogP contribution in [0.2, 0.25) is 0 Å². The molecule has 1 aliphatic heterocycles. The zero-order chi connectivity index (χ0) is 12.7. The van der Waals surface area contributed by atoms with Crippen molar-refractivity contribution in [2.75, 3.05) is 20.1 Å². The summed E-state index contributed by atoms with van der Waals surface area (Å²) in [4.78, 5) is 14.0. The van der Waals surface area contributed by atoms with Gasteiger partial charge in [0.15, 0.2) is 0 Å². The maximum absolute atomic E-state index is 11.7. The van der Waals surface area contributed by atoms with Crippen molar-refractivity contribution in [3.8, 4) is 0 Å². The van der Waals surface area contributed by atoms with E-state index in [1.54, 1.807) is 0 Å². The van der Waals surface area contributed by atoms with Crippen molar-refractivity contribution < 1.29 is 4.79 Å². The molecule has 1 rings (SSSR count). The van der Waals surface area contributed by atoms with E-state index in [0.29, 0.717) is 6.04 Å². The maximum atomic E-state index is 11.7. The van der Waals surface area contributed by atoms with Crippen LogP contribution in [0.25, 0.3) is 0 Å². The van der Waals surface area contributed by atoms with E-state index in [0.717, 1.165) is 31.6 Å². The third-order valence-corrected chi connectivity index (χ3v) is 2.97. The molecular weight excluding hydrogens is 214 g/mol. The van der Waals surface area contributed by atoms with Crippen LogP contribution in [-0.4, -0.2) is 37.1 Å². The molecule has 0 aromatic rings. The van der Waals surface area contributed by atoms with Crippen molar-refractivity contribution >= 4 is 6.03 Å². The molecule has 4 heteroatoms. The van der Waals surface area contributed by atoms with Gasteiger partial charge in [-0.2, -0.15) is 0 Å². The van der Waals surface area contributed by atoms with Gasteiger partial charge in [0.05, 0.1) is 0 Å². The Labute approximate surface area is 104 Å². The van der Waals surface area contributed by atoms with Crippen molar-refractivity contribution in [1.29, 1.82) is 0 Å². The lowest BCUT2D eigenvalue weighted by atomic mass is 10.1. The summed E-state index contributed by atoms with van der Waals surface area (Å²) in [6.07, 6.45) is 7.73. The van der Waals surface area contributed by atoms with Crippen molar-refractivity contribution in [3.63, 3.8) is 0 Å². The standard InChI is InChI=1S/C13H23N3O/c1-4-6-11(5-2)14-13(17)15-12-7-9-16(3)10-8-12/h4-6,12H,7-10H2,1-3H3,(H2,14,15,17)/b6-4-,11-5+. The number of nitrogens with one attached hydrogen (secondary N) is 2. The summed E-state index contributed by atoms with van der Waals surface area (Å²) in [6, 6.07) is 0.195. The van der Waals surface area contributed by atoms with Crippen LogP contribution in [0.3, 0.4) is 0 Å². The molecule has 0 aliphatic carbocycles. The van der Waals surface area contributed by atoms with Gasteiger partial charge in [0, 0.05) is 11.7 Å². The fourth-order valence-corrected chi connectivity index (χ4v) is 1.90.